The lowest BCUT2D eigenvalue weighted by molar-refractivity contribution is 0.413. The van der Waals surface area contributed by atoms with Gasteiger partial charge >= 0.3 is 0 Å². The topological polar surface area (TPSA) is 18.5 Å². The van der Waals surface area contributed by atoms with Gasteiger partial charge in [-0.05, 0) is 95.2 Å². The van der Waals surface area contributed by atoms with E-state index in [0.29, 0.717) is 11.8 Å². The molecule has 2 aliphatic rings. The van der Waals surface area contributed by atoms with Gasteiger partial charge in [0.2, 0.25) is 0 Å². The van der Waals surface area contributed by atoms with Crippen molar-refractivity contribution >= 4 is 11.1 Å². The zero-order valence-corrected chi connectivity index (χ0v) is 17.7. The lowest BCUT2D eigenvalue weighted by atomic mass is 9.65. The molecule has 0 saturated carbocycles. The molecule has 0 spiro atoms. The van der Waals surface area contributed by atoms with E-state index >= 15 is 0 Å². The van der Waals surface area contributed by atoms with E-state index < -0.39 is 0 Å². The second kappa shape index (κ2) is 8.03. The Morgan fingerprint density at radius 2 is 1.14 bits per heavy atom. The Morgan fingerprint density at radius 1 is 0.714 bits per heavy atom. The number of ether oxygens (including phenoxy) is 2. The second-order valence-corrected chi connectivity index (χ2v) is 8.25. The first-order valence-electron chi connectivity index (χ1n) is 10.8. The van der Waals surface area contributed by atoms with E-state index in [-0.39, 0.29) is 0 Å². The number of benzene rings is 2. The van der Waals surface area contributed by atoms with Crippen molar-refractivity contribution in [3.05, 3.63) is 58.7 Å². The highest BCUT2D eigenvalue weighted by molar-refractivity contribution is 5.98. The van der Waals surface area contributed by atoms with Crippen LogP contribution in [0.25, 0.3) is 11.1 Å². The number of hydrogen-bond acceptors (Lipinski definition) is 2. The molecule has 0 fully saturated rings. The summed E-state index contributed by atoms with van der Waals surface area (Å²) in [5, 5.41) is 0. The highest BCUT2D eigenvalue weighted by atomic mass is 16.5. The molecule has 0 radical (unpaired) electrons. The molecule has 148 valence electrons. The zero-order chi connectivity index (χ0) is 19.7. The van der Waals surface area contributed by atoms with E-state index in [2.05, 4.69) is 50.2 Å². The molecule has 0 heterocycles. The molecule has 0 bridgehead atoms. The average molecular weight is 377 g/mol. The third-order valence-corrected chi connectivity index (χ3v) is 6.52. The summed E-state index contributed by atoms with van der Waals surface area (Å²) in [6.45, 7) is 4.62. The van der Waals surface area contributed by atoms with Gasteiger partial charge in [0.15, 0.2) is 0 Å². The molecule has 2 nitrogen and oxygen atoms in total. The van der Waals surface area contributed by atoms with Crippen molar-refractivity contribution in [1.29, 1.82) is 0 Å². The van der Waals surface area contributed by atoms with Crippen molar-refractivity contribution in [1.82, 2.24) is 0 Å². The molecule has 0 saturated heterocycles. The van der Waals surface area contributed by atoms with Gasteiger partial charge in [-0.25, -0.2) is 0 Å². The average Bonchev–Trinajstić information content (AvgIpc) is 2.72. The predicted molar refractivity (Wildman–Crippen MR) is 117 cm³/mol. The first kappa shape index (κ1) is 19.1. The van der Waals surface area contributed by atoms with E-state index in [1.54, 1.807) is 25.4 Å². The normalized spacial score (nSPS) is 20.3. The first-order chi connectivity index (χ1) is 13.7. The molecule has 0 N–H and O–H groups in total. The van der Waals surface area contributed by atoms with Gasteiger partial charge in [-0.2, -0.15) is 0 Å². The Kier molecular flexibility index (Phi) is 5.48. The summed E-state index contributed by atoms with van der Waals surface area (Å²) >= 11 is 0. The van der Waals surface area contributed by atoms with Crippen LogP contribution in [0.2, 0.25) is 0 Å². The summed E-state index contributed by atoms with van der Waals surface area (Å²) in [5.74, 6) is 3.13. The maximum atomic E-state index is 5.54. The van der Waals surface area contributed by atoms with Gasteiger partial charge in [-0.3, -0.25) is 0 Å². The Morgan fingerprint density at radius 3 is 1.50 bits per heavy atom. The fraction of sp³-hybridized carbons (Fsp3) is 0.462. The third-order valence-electron chi connectivity index (χ3n) is 6.52. The minimum absolute atomic E-state index is 0.589. The fourth-order valence-electron chi connectivity index (χ4n) is 5.35. The Labute approximate surface area is 169 Å². The number of rotatable bonds is 6. The van der Waals surface area contributed by atoms with Gasteiger partial charge in [0.25, 0.3) is 0 Å². The predicted octanol–water partition coefficient (Wildman–Crippen LogP) is 6.56. The van der Waals surface area contributed by atoms with Crippen LogP contribution in [0.3, 0.4) is 0 Å². The smallest absolute Gasteiger partial charge is 0.119 e. The van der Waals surface area contributed by atoms with Crippen molar-refractivity contribution in [2.24, 2.45) is 11.8 Å². The Hall–Kier alpha value is -2.22. The summed E-state index contributed by atoms with van der Waals surface area (Å²) in [5.41, 5.74) is 9.08. The van der Waals surface area contributed by atoms with Crippen LogP contribution in [-0.4, -0.2) is 14.2 Å². The number of hydrogen-bond donors (Lipinski definition) is 0. The SMILES string of the molecule is CCC[C@H]1Cc2cc(OC)ccc2C2=C1c1ccc(OC)cc1C[C@@H]2CCC. The lowest BCUT2D eigenvalue weighted by Crippen LogP contribution is -2.25. The van der Waals surface area contributed by atoms with Gasteiger partial charge in [0.1, 0.15) is 11.5 Å². The van der Waals surface area contributed by atoms with Crippen molar-refractivity contribution in [2.45, 2.75) is 52.4 Å². The van der Waals surface area contributed by atoms with E-state index in [0.717, 1.165) is 24.3 Å². The maximum absolute atomic E-state index is 5.54. The van der Waals surface area contributed by atoms with Crippen LogP contribution in [0, 0.1) is 11.8 Å². The first-order valence-corrected chi connectivity index (χ1v) is 10.8. The molecular formula is C26H32O2. The van der Waals surface area contributed by atoms with Crippen LogP contribution >= 0.6 is 0 Å². The molecule has 2 atom stereocenters. The molecule has 4 rings (SSSR count). The molecule has 28 heavy (non-hydrogen) atoms. The highest BCUT2D eigenvalue weighted by Crippen LogP contribution is 2.51. The quantitative estimate of drug-likeness (QED) is 0.568. The minimum Gasteiger partial charge on any atom is -0.497 e. The standard InChI is InChI=1S/C26H32O2/c1-5-7-17-13-19-15-21(27-3)10-12-24(19)26-18(8-6-2)14-20-16-22(28-4)9-11-23(20)25(17)26/h9-12,15-18H,5-8,13-14H2,1-4H3/t17-,18-/m0/s1. The fourth-order valence-corrected chi connectivity index (χ4v) is 5.35. The van der Waals surface area contributed by atoms with E-state index in [1.807, 2.05) is 0 Å². The van der Waals surface area contributed by atoms with Gasteiger partial charge in [-0.1, -0.05) is 38.8 Å². The van der Waals surface area contributed by atoms with Crippen LogP contribution < -0.4 is 9.47 Å². The number of fused-ring (bicyclic) bond motifs is 4. The molecule has 0 unspecified atom stereocenters. The Bertz CT molecular complexity index is 820. The van der Waals surface area contributed by atoms with Gasteiger partial charge in [0.05, 0.1) is 14.2 Å². The van der Waals surface area contributed by atoms with Crippen molar-refractivity contribution in [3.63, 3.8) is 0 Å². The number of methoxy groups -OCH3 is 2. The molecule has 2 aromatic rings. The minimum atomic E-state index is 0.589. The van der Waals surface area contributed by atoms with Crippen LogP contribution in [-0.2, 0) is 12.8 Å². The molecular weight excluding hydrogens is 344 g/mol. The van der Waals surface area contributed by atoms with Gasteiger partial charge < -0.3 is 9.47 Å². The third kappa shape index (κ3) is 3.23. The molecule has 0 aliphatic heterocycles. The monoisotopic (exact) mass is 376 g/mol. The molecule has 0 amide bonds. The van der Waals surface area contributed by atoms with Gasteiger partial charge in [0, 0.05) is 0 Å². The lowest BCUT2D eigenvalue weighted by Gasteiger charge is -2.39. The van der Waals surface area contributed by atoms with Crippen LogP contribution in [0.15, 0.2) is 36.4 Å². The van der Waals surface area contributed by atoms with E-state index in [4.69, 9.17) is 9.47 Å². The van der Waals surface area contributed by atoms with E-state index in [9.17, 15) is 0 Å². The van der Waals surface area contributed by atoms with Crippen LogP contribution in [0.1, 0.15) is 61.8 Å². The molecule has 2 aliphatic carbocycles. The summed E-state index contributed by atoms with van der Waals surface area (Å²) in [6, 6.07) is 13.4. The van der Waals surface area contributed by atoms with Crippen molar-refractivity contribution in [3.8, 4) is 11.5 Å². The van der Waals surface area contributed by atoms with E-state index in [1.165, 1.54) is 47.9 Å². The summed E-state index contributed by atoms with van der Waals surface area (Å²) in [6.07, 6.45) is 7.13. The van der Waals surface area contributed by atoms with Crippen molar-refractivity contribution in [2.75, 3.05) is 14.2 Å². The summed E-state index contributed by atoms with van der Waals surface area (Å²) < 4.78 is 11.1. The van der Waals surface area contributed by atoms with Crippen LogP contribution in [0.4, 0.5) is 0 Å². The largest absolute Gasteiger partial charge is 0.497 e. The van der Waals surface area contributed by atoms with Crippen LogP contribution in [0.5, 0.6) is 11.5 Å². The summed E-state index contributed by atoms with van der Waals surface area (Å²) in [7, 11) is 3.53. The summed E-state index contributed by atoms with van der Waals surface area (Å²) in [4.78, 5) is 0. The maximum Gasteiger partial charge on any atom is 0.119 e. The Balaban J connectivity index is 1.94. The molecule has 2 heteroatoms. The molecule has 0 aromatic heterocycles. The second-order valence-electron chi connectivity index (χ2n) is 8.25. The molecule has 2 aromatic carbocycles. The van der Waals surface area contributed by atoms with Crippen molar-refractivity contribution < 1.29 is 9.47 Å². The number of allylic oxidation sites excluding steroid dienone is 2. The van der Waals surface area contributed by atoms with Gasteiger partial charge in [-0.15, -0.1) is 0 Å². The highest BCUT2D eigenvalue weighted by Gasteiger charge is 2.36. The zero-order valence-electron chi connectivity index (χ0n) is 17.7.